The minimum absolute atomic E-state index is 0.351. The van der Waals surface area contributed by atoms with Crippen LogP contribution in [0.4, 0.5) is 0 Å². The summed E-state index contributed by atoms with van der Waals surface area (Å²) in [4.78, 5) is 6.32. The largest absolute Gasteiger partial charge is 0.402 e. The number of likely N-dealkylation sites (tertiary alicyclic amines) is 1. The quantitative estimate of drug-likeness (QED) is 0.288. The Morgan fingerprint density at radius 2 is 1.94 bits per heavy atom. The van der Waals surface area contributed by atoms with Gasteiger partial charge in [-0.2, -0.15) is 0 Å². The number of aromatic amines is 1. The number of H-pyrrole nitrogens is 1. The van der Waals surface area contributed by atoms with E-state index in [1.807, 2.05) is 6.08 Å². The molecule has 0 aliphatic carbocycles. The molecule has 4 N–H and O–H groups in total. The smallest absolute Gasteiger partial charge is 0.0500 e. The van der Waals surface area contributed by atoms with Crippen molar-refractivity contribution in [2.75, 3.05) is 26.2 Å². The summed E-state index contributed by atoms with van der Waals surface area (Å²) in [6.07, 6.45) is 11.7. The van der Waals surface area contributed by atoms with Crippen LogP contribution in [0.15, 0.2) is 60.5 Å². The summed E-state index contributed by atoms with van der Waals surface area (Å²) in [7, 11) is 0. The fourth-order valence-corrected chi connectivity index (χ4v) is 5.34. The molecular formula is C32H48N4. The number of allylic oxidation sites excluding steroid dienone is 6. The molecule has 4 heteroatoms. The van der Waals surface area contributed by atoms with Crippen molar-refractivity contribution in [3.05, 3.63) is 77.3 Å². The lowest BCUT2D eigenvalue weighted by molar-refractivity contribution is 0.225. The van der Waals surface area contributed by atoms with Crippen LogP contribution in [0, 0.1) is 5.92 Å². The second-order valence-corrected chi connectivity index (χ2v) is 10.6. The summed E-state index contributed by atoms with van der Waals surface area (Å²) in [5.41, 5.74) is 15.0. The predicted octanol–water partition coefficient (Wildman–Crippen LogP) is 7.44. The number of benzene rings is 1. The third-order valence-corrected chi connectivity index (χ3v) is 7.74. The van der Waals surface area contributed by atoms with Gasteiger partial charge in [0.25, 0.3) is 0 Å². The van der Waals surface area contributed by atoms with Crippen LogP contribution < -0.4 is 11.1 Å². The van der Waals surface area contributed by atoms with E-state index in [0.717, 1.165) is 43.9 Å². The molecule has 1 aliphatic heterocycles. The number of nitrogens with one attached hydrogen (secondary N) is 2. The van der Waals surface area contributed by atoms with Crippen molar-refractivity contribution in [1.82, 2.24) is 15.2 Å². The summed E-state index contributed by atoms with van der Waals surface area (Å²) in [5, 5.41) is 4.84. The van der Waals surface area contributed by atoms with Crippen molar-refractivity contribution >= 4 is 16.5 Å². The Bertz CT molecular complexity index is 1110. The minimum Gasteiger partial charge on any atom is -0.402 e. The average Bonchev–Trinajstić information content (AvgIpc) is 3.27. The van der Waals surface area contributed by atoms with Crippen LogP contribution in [0.1, 0.15) is 89.5 Å². The van der Waals surface area contributed by atoms with Crippen LogP contribution in [0.5, 0.6) is 0 Å². The standard InChI is InChI=1S/C32H48N4/c1-8-12-26(20-29(33)23(7)9-2)32-31(22(5)6)28-19-25(13-14-30(28)35-32)24-15-17-36(18-16-24)21-27(10-3)34-11-4/h8,10,12-14,19-20,22-24,34-35H,1,9,11,15-18,21,33H2,2-7H3/b26-12+,27-10-,29-20+. The molecule has 4 nitrogen and oxygen atoms in total. The fraction of sp³-hybridized carbons (Fsp3) is 0.500. The number of hydrogen-bond donors (Lipinski definition) is 3. The first kappa shape index (κ1) is 27.9. The van der Waals surface area contributed by atoms with Crippen LogP contribution in [0.3, 0.4) is 0 Å². The number of hydrogen-bond acceptors (Lipinski definition) is 3. The lowest BCUT2D eigenvalue weighted by Gasteiger charge is -2.33. The molecule has 1 aliphatic rings. The zero-order valence-corrected chi connectivity index (χ0v) is 23.5. The Morgan fingerprint density at radius 1 is 1.22 bits per heavy atom. The third-order valence-electron chi connectivity index (χ3n) is 7.74. The van der Waals surface area contributed by atoms with E-state index in [9.17, 15) is 0 Å². The van der Waals surface area contributed by atoms with Gasteiger partial charge in [0, 0.05) is 35.4 Å². The van der Waals surface area contributed by atoms with Gasteiger partial charge < -0.3 is 16.0 Å². The lowest BCUT2D eigenvalue weighted by Crippen LogP contribution is -2.36. The molecule has 1 saturated heterocycles. The summed E-state index contributed by atoms with van der Waals surface area (Å²) in [6, 6.07) is 7.07. The van der Waals surface area contributed by atoms with E-state index < -0.39 is 0 Å². The molecule has 36 heavy (non-hydrogen) atoms. The second-order valence-electron chi connectivity index (χ2n) is 10.6. The normalized spacial score (nSPS) is 17.7. The number of rotatable bonds is 11. The van der Waals surface area contributed by atoms with Crippen molar-refractivity contribution in [1.29, 1.82) is 0 Å². The van der Waals surface area contributed by atoms with E-state index in [4.69, 9.17) is 5.73 Å². The first-order valence-electron chi connectivity index (χ1n) is 13.9. The van der Waals surface area contributed by atoms with Gasteiger partial charge in [0.2, 0.25) is 0 Å². The Hall–Kier alpha value is -2.72. The van der Waals surface area contributed by atoms with Crippen molar-refractivity contribution in [2.24, 2.45) is 11.7 Å². The molecule has 1 atom stereocenters. The van der Waals surface area contributed by atoms with E-state index in [1.165, 1.54) is 46.3 Å². The summed E-state index contributed by atoms with van der Waals surface area (Å²) >= 11 is 0. The molecule has 1 fully saturated rings. The van der Waals surface area contributed by atoms with Crippen LogP contribution in [0.2, 0.25) is 0 Å². The van der Waals surface area contributed by atoms with E-state index in [1.54, 1.807) is 0 Å². The minimum atomic E-state index is 0.351. The Balaban J connectivity index is 1.90. The van der Waals surface area contributed by atoms with E-state index in [0.29, 0.717) is 17.8 Å². The lowest BCUT2D eigenvalue weighted by atomic mass is 9.87. The predicted molar refractivity (Wildman–Crippen MR) is 158 cm³/mol. The van der Waals surface area contributed by atoms with E-state index in [2.05, 4.69) is 99.7 Å². The van der Waals surface area contributed by atoms with Crippen LogP contribution in [-0.4, -0.2) is 36.1 Å². The highest BCUT2D eigenvalue weighted by molar-refractivity contribution is 5.92. The van der Waals surface area contributed by atoms with Gasteiger partial charge in [-0.3, -0.25) is 4.90 Å². The molecule has 2 heterocycles. The first-order valence-corrected chi connectivity index (χ1v) is 13.9. The maximum atomic E-state index is 6.47. The van der Waals surface area contributed by atoms with Crippen molar-refractivity contribution < 1.29 is 0 Å². The van der Waals surface area contributed by atoms with Gasteiger partial charge in [-0.25, -0.2) is 0 Å². The fourth-order valence-electron chi connectivity index (χ4n) is 5.34. The molecule has 0 bridgehead atoms. The molecule has 0 radical (unpaired) electrons. The zero-order valence-electron chi connectivity index (χ0n) is 23.5. The summed E-state index contributed by atoms with van der Waals surface area (Å²) < 4.78 is 0. The highest BCUT2D eigenvalue weighted by atomic mass is 15.1. The van der Waals surface area contributed by atoms with Crippen LogP contribution >= 0.6 is 0 Å². The van der Waals surface area contributed by atoms with Crippen molar-refractivity contribution in [3.63, 3.8) is 0 Å². The van der Waals surface area contributed by atoms with Crippen molar-refractivity contribution in [3.8, 4) is 0 Å². The number of piperidine rings is 1. The summed E-state index contributed by atoms with van der Waals surface area (Å²) in [5.74, 6) is 1.35. The average molecular weight is 489 g/mol. The monoisotopic (exact) mass is 488 g/mol. The molecule has 0 amide bonds. The highest BCUT2D eigenvalue weighted by Crippen LogP contribution is 2.37. The van der Waals surface area contributed by atoms with E-state index in [-0.39, 0.29) is 0 Å². The topological polar surface area (TPSA) is 57.1 Å². The van der Waals surface area contributed by atoms with Gasteiger partial charge in [0.15, 0.2) is 0 Å². The molecule has 0 spiro atoms. The van der Waals surface area contributed by atoms with Gasteiger partial charge in [-0.15, -0.1) is 0 Å². The van der Waals surface area contributed by atoms with Gasteiger partial charge in [0.1, 0.15) is 0 Å². The molecule has 196 valence electrons. The highest BCUT2D eigenvalue weighted by Gasteiger charge is 2.23. The molecule has 1 unspecified atom stereocenters. The summed E-state index contributed by atoms with van der Waals surface area (Å²) in [6.45, 7) is 21.5. The number of nitrogens with two attached hydrogens (primary N) is 1. The van der Waals surface area contributed by atoms with Gasteiger partial charge in [-0.1, -0.05) is 58.6 Å². The van der Waals surface area contributed by atoms with Crippen LogP contribution in [0.25, 0.3) is 16.5 Å². The van der Waals surface area contributed by atoms with Gasteiger partial charge in [0.05, 0.1) is 5.69 Å². The second kappa shape index (κ2) is 13.0. The molecule has 1 aromatic heterocycles. The first-order chi connectivity index (χ1) is 17.3. The number of likely N-dealkylation sites (N-methyl/N-ethyl adjacent to an activating group) is 1. The Labute approximate surface area is 219 Å². The molecular weight excluding hydrogens is 440 g/mol. The number of fused-ring (bicyclic) bond motifs is 1. The SMILES string of the molecule is C=C/C=C(\C=C(\N)C(C)CC)c1[nH]c2ccc(C3CCN(C/C(=C/C)NCC)CC3)cc2c1C(C)C. The molecule has 1 aromatic carbocycles. The van der Waals surface area contributed by atoms with E-state index >= 15 is 0 Å². The number of aromatic nitrogens is 1. The van der Waals surface area contributed by atoms with Crippen LogP contribution in [-0.2, 0) is 0 Å². The zero-order chi connectivity index (χ0) is 26.2. The van der Waals surface area contributed by atoms with Gasteiger partial charge in [-0.05, 0) is 98.9 Å². The molecule has 3 rings (SSSR count). The molecule has 2 aromatic rings. The Kier molecular flexibility index (Phi) is 10.1. The Morgan fingerprint density at radius 3 is 2.53 bits per heavy atom. The van der Waals surface area contributed by atoms with Gasteiger partial charge >= 0.3 is 0 Å². The third kappa shape index (κ3) is 6.53. The number of nitrogens with zero attached hydrogens (tertiary/aromatic N) is 1. The maximum absolute atomic E-state index is 6.47. The van der Waals surface area contributed by atoms with Crippen molar-refractivity contribution in [2.45, 2.75) is 72.6 Å². The molecule has 0 saturated carbocycles. The maximum Gasteiger partial charge on any atom is 0.0500 e.